The monoisotopic (exact) mass is 295 g/mol. The zero-order valence-electron chi connectivity index (χ0n) is 10.6. The van der Waals surface area contributed by atoms with Crippen LogP contribution >= 0.6 is 23.4 Å². The van der Waals surface area contributed by atoms with Gasteiger partial charge in [-0.3, -0.25) is 0 Å². The van der Waals surface area contributed by atoms with Crippen LogP contribution in [0.2, 0.25) is 5.02 Å². The van der Waals surface area contributed by atoms with Crippen molar-refractivity contribution in [1.29, 1.82) is 0 Å². The minimum atomic E-state index is -0.242. The maximum absolute atomic E-state index is 13.3. The molecule has 19 heavy (non-hydrogen) atoms. The standard InChI is InChI=1S/C15H15ClFNS/c1-10-6-11(8-12(17)7-10)14(18)9-19-15-5-3-2-4-13(15)16/h2-8,14H,9,18H2,1H3. The molecule has 0 saturated heterocycles. The van der Waals surface area contributed by atoms with E-state index in [-0.39, 0.29) is 11.9 Å². The fourth-order valence-electron chi connectivity index (χ4n) is 1.82. The van der Waals surface area contributed by atoms with E-state index >= 15 is 0 Å². The molecule has 0 fully saturated rings. The van der Waals surface area contributed by atoms with E-state index in [0.29, 0.717) is 5.75 Å². The highest BCUT2D eigenvalue weighted by Gasteiger charge is 2.10. The Morgan fingerprint density at radius 3 is 2.68 bits per heavy atom. The van der Waals surface area contributed by atoms with Gasteiger partial charge in [0.25, 0.3) is 0 Å². The molecule has 2 aromatic carbocycles. The molecule has 0 saturated carbocycles. The Labute approximate surface area is 122 Å². The molecule has 2 aromatic rings. The molecule has 0 aliphatic carbocycles. The largest absolute Gasteiger partial charge is 0.323 e. The molecular weight excluding hydrogens is 281 g/mol. The fourth-order valence-corrected chi connectivity index (χ4v) is 3.05. The summed E-state index contributed by atoms with van der Waals surface area (Å²) in [5.74, 6) is 0.417. The van der Waals surface area contributed by atoms with Gasteiger partial charge in [0.05, 0.1) is 5.02 Å². The van der Waals surface area contributed by atoms with Gasteiger partial charge < -0.3 is 5.73 Å². The highest BCUT2D eigenvalue weighted by Crippen LogP contribution is 2.29. The average molecular weight is 296 g/mol. The van der Waals surface area contributed by atoms with Crippen LogP contribution in [0.15, 0.2) is 47.4 Å². The molecule has 0 amide bonds. The number of halogens is 2. The number of rotatable bonds is 4. The molecular formula is C15H15ClFNS. The summed E-state index contributed by atoms with van der Waals surface area (Å²) in [7, 11) is 0. The van der Waals surface area contributed by atoms with Gasteiger partial charge in [0.2, 0.25) is 0 Å². The second kappa shape index (κ2) is 6.42. The third kappa shape index (κ3) is 3.96. The molecule has 4 heteroatoms. The van der Waals surface area contributed by atoms with Gasteiger partial charge in [-0.05, 0) is 42.3 Å². The van der Waals surface area contributed by atoms with Crippen molar-refractivity contribution < 1.29 is 4.39 Å². The van der Waals surface area contributed by atoms with Gasteiger partial charge in [-0.25, -0.2) is 4.39 Å². The van der Waals surface area contributed by atoms with Crippen molar-refractivity contribution in [3.05, 3.63) is 64.4 Å². The minimum Gasteiger partial charge on any atom is -0.323 e. The van der Waals surface area contributed by atoms with Gasteiger partial charge in [-0.2, -0.15) is 0 Å². The SMILES string of the molecule is Cc1cc(F)cc(C(N)CSc2ccccc2Cl)c1. The molecule has 1 unspecified atom stereocenters. The third-order valence-corrected chi connectivity index (χ3v) is 4.38. The summed E-state index contributed by atoms with van der Waals surface area (Å²) >= 11 is 7.66. The lowest BCUT2D eigenvalue weighted by atomic mass is 10.1. The topological polar surface area (TPSA) is 26.0 Å². The van der Waals surface area contributed by atoms with Crippen LogP contribution in [0.5, 0.6) is 0 Å². The minimum absolute atomic E-state index is 0.212. The van der Waals surface area contributed by atoms with Crippen molar-refractivity contribution in [3.8, 4) is 0 Å². The first-order valence-electron chi connectivity index (χ1n) is 5.96. The molecule has 1 atom stereocenters. The molecule has 0 aliphatic rings. The smallest absolute Gasteiger partial charge is 0.123 e. The van der Waals surface area contributed by atoms with Crippen LogP contribution in [-0.2, 0) is 0 Å². The van der Waals surface area contributed by atoms with Gasteiger partial charge in [-0.1, -0.05) is 29.8 Å². The summed E-state index contributed by atoms with van der Waals surface area (Å²) in [4.78, 5) is 0.993. The van der Waals surface area contributed by atoms with Gasteiger partial charge in [0, 0.05) is 16.7 Å². The van der Waals surface area contributed by atoms with E-state index in [9.17, 15) is 4.39 Å². The lowest BCUT2D eigenvalue weighted by molar-refractivity contribution is 0.621. The Balaban J connectivity index is 2.05. The summed E-state index contributed by atoms with van der Waals surface area (Å²) < 4.78 is 13.3. The van der Waals surface area contributed by atoms with E-state index in [2.05, 4.69) is 0 Å². The highest BCUT2D eigenvalue weighted by molar-refractivity contribution is 7.99. The summed E-state index contributed by atoms with van der Waals surface area (Å²) in [5.41, 5.74) is 7.80. The van der Waals surface area contributed by atoms with Crippen LogP contribution < -0.4 is 5.73 Å². The summed E-state index contributed by atoms with van der Waals surface area (Å²) in [6.45, 7) is 1.86. The number of hydrogen-bond acceptors (Lipinski definition) is 2. The Morgan fingerprint density at radius 1 is 1.26 bits per heavy atom. The molecule has 0 bridgehead atoms. The normalized spacial score (nSPS) is 12.4. The van der Waals surface area contributed by atoms with E-state index in [0.717, 1.165) is 21.0 Å². The first-order valence-corrected chi connectivity index (χ1v) is 7.32. The van der Waals surface area contributed by atoms with Crippen LogP contribution in [-0.4, -0.2) is 5.75 Å². The molecule has 0 aromatic heterocycles. The van der Waals surface area contributed by atoms with Crippen molar-refractivity contribution in [3.63, 3.8) is 0 Å². The number of nitrogens with two attached hydrogens (primary N) is 1. The van der Waals surface area contributed by atoms with Gasteiger partial charge in [-0.15, -0.1) is 11.8 Å². The van der Waals surface area contributed by atoms with Crippen LogP contribution in [0.25, 0.3) is 0 Å². The zero-order valence-corrected chi connectivity index (χ0v) is 12.1. The van der Waals surface area contributed by atoms with E-state index in [1.54, 1.807) is 11.8 Å². The lowest BCUT2D eigenvalue weighted by Crippen LogP contribution is -2.13. The molecule has 1 nitrogen and oxygen atoms in total. The predicted molar refractivity (Wildman–Crippen MR) is 80.2 cm³/mol. The maximum Gasteiger partial charge on any atom is 0.123 e. The fraction of sp³-hybridized carbons (Fsp3) is 0.200. The summed E-state index contributed by atoms with van der Waals surface area (Å²) in [6.07, 6.45) is 0. The first kappa shape index (κ1) is 14.4. The van der Waals surface area contributed by atoms with E-state index in [1.165, 1.54) is 12.1 Å². The van der Waals surface area contributed by atoms with E-state index < -0.39 is 0 Å². The van der Waals surface area contributed by atoms with Gasteiger partial charge in [0.1, 0.15) is 5.82 Å². The lowest BCUT2D eigenvalue weighted by Gasteiger charge is -2.13. The number of benzene rings is 2. The second-order valence-corrected chi connectivity index (χ2v) is 5.88. The van der Waals surface area contributed by atoms with Crippen molar-refractivity contribution >= 4 is 23.4 Å². The Hall–Kier alpha value is -1.03. The maximum atomic E-state index is 13.3. The first-order chi connectivity index (χ1) is 9.06. The van der Waals surface area contributed by atoms with E-state index in [4.69, 9.17) is 17.3 Å². The number of aryl methyl sites for hydroxylation is 1. The van der Waals surface area contributed by atoms with Crippen LogP contribution in [0.3, 0.4) is 0 Å². The molecule has 2 rings (SSSR count). The molecule has 0 spiro atoms. The number of thioether (sulfide) groups is 1. The Kier molecular flexibility index (Phi) is 4.86. The zero-order chi connectivity index (χ0) is 13.8. The summed E-state index contributed by atoms with van der Waals surface area (Å²) in [5, 5.41) is 0.718. The predicted octanol–water partition coefficient (Wildman–Crippen LogP) is 4.58. The summed E-state index contributed by atoms with van der Waals surface area (Å²) in [6, 6.07) is 12.3. The van der Waals surface area contributed by atoms with E-state index in [1.807, 2.05) is 37.3 Å². The van der Waals surface area contributed by atoms with Crippen LogP contribution in [0, 0.1) is 12.7 Å². The van der Waals surface area contributed by atoms with Crippen molar-refractivity contribution in [2.24, 2.45) is 5.73 Å². The van der Waals surface area contributed by atoms with Crippen molar-refractivity contribution in [2.45, 2.75) is 17.9 Å². The van der Waals surface area contributed by atoms with Gasteiger partial charge >= 0.3 is 0 Å². The van der Waals surface area contributed by atoms with Crippen molar-refractivity contribution in [1.82, 2.24) is 0 Å². The van der Waals surface area contributed by atoms with Crippen LogP contribution in [0.1, 0.15) is 17.2 Å². The average Bonchev–Trinajstić information content (AvgIpc) is 2.36. The molecule has 100 valence electrons. The Morgan fingerprint density at radius 2 is 2.00 bits per heavy atom. The molecule has 0 heterocycles. The molecule has 0 aliphatic heterocycles. The second-order valence-electron chi connectivity index (χ2n) is 4.41. The van der Waals surface area contributed by atoms with Gasteiger partial charge in [0.15, 0.2) is 0 Å². The molecule has 0 radical (unpaired) electrons. The molecule has 2 N–H and O–H groups in total. The van der Waals surface area contributed by atoms with Crippen molar-refractivity contribution in [2.75, 3.05) is 5.75 Å². The Bertz CT molecular complexity index is 554. The quantitative estimate of drug-likeness (QED) is 0.836. The van der Waals surface area contributed by atoms with Crippen LogP contribution in [0.4, 0.5) is 4.39 Å². The highest BCUT2D eigenvalue weighted by atomic mass is 35.5. The number of hydrogen-bond donors (Lipinski definition) is 1. The third-order valence-electron chi connectivity index (χ3n) is 2.75.